The van der Waals surface area contributed by atoms with Crippen molar-refractivity contribution in [3.8, 4) is 0 Å². The molecular weight excluding hydrogens is 408 g/mol. The van der Waals surface area contributed by atoms with Crippen molar-refractivity contribution < 1.29 is 5.11 Å². The van der Waals surface area contributed by atoms with E-state index in [1.54, 1.807) is 11.8 Å². The number of anilines is 3. The van der Waals surface area contributed by atoms with Gasteiger partial charge in [0.05, 0.1) is 6.61 Å². The van der Waals surface area contributed by atoms with Gasteiger partial charge in [-0.05, 0) is 50.2 Å². The zero-order chi connectivity index (χ0) is 21.6. The number of hydrogen-bond acceptors (Lipinski definition) is 8. The Kier molecular flexibility index (Phi) is 7.01. The van der Waals surface area contributed by atoms with E-state index >= 15 is 0 Å². The molecule has 3 aromatic rings. The highest BCUT2D eigenvalue weighted by Crippen LogP contribution is 2.29. The van der Waals surface area contributed by atoms with Crippen molar-refractivity contribution in [3.05, 3.63) is 59.9 Å². The number of β-amino-alcohol motifs (C(OH)–C–C–N with tert-alkyl or cyclic N) is 1. The Bertz CT molecular complexity index is 1010. The van der Waals surface area contributed by atoms with Crippen LogP contribution in [0.4, 0.5) is 17.6 Å². The highest BCUT2D eigenvalue weighted by Gasteiger charge is 2.19. The van der Waals surface area contributed by atoms with E-state index in [0.29, 0.717) is 17.7 Å². The highest BCUT2D eigenvalue weighted by molar-refractivity contribution is 7.99. The molecule has 4 rings (SSSR count). The third kappa shape index (κ3) is 5.94. The minimum absolute atomic E-state index is 0.196. The van der Waals surface area contributed by atoms with Gasteiger partial charge in [0.25, 0.3) is 0 Å². The van der Waals surface area contributed by atoms with Crippen molar-refractivity contribution >= 4 is 29.3 Å². The molecule has 0 radical (unpaired) electrons. The van der Waals surface area contributed by atoms with Crippen molar-refractivity contribution in [2.75, 3.05) is 49.5 Å². The molecule has 2 N–H and O–H groups in total. The molecule has 2 aromatic carbocycles. The lowest BCUT2D eigenvalue weighted by atomic mass is 10.2. The Morgan fingerprint density at radius 3 is 2.42 bits per heavy atom. The molecule has 8 heteroatoms. The molecule has 1 aliphatic heterocycles. The molecule has 1 saturated heterocycles. The lowest BCUT2D eigenvalue weighted by Crippen LogP contribution is -2.47. The smallest absolute Gasteiger partial charge is 0.232 e. The van der Waals surface area contributed by atoms with Crippen molar-refractivity contribution in [1.82, 2.24) is 19.9 Å². The fourth-order valence-corrected chi connectivity index (χ4v) is 4.46. The third-order valence-electron chi connectivity index (χ3n) is 5.14. The minimum Gasteiger partial charge on any atom is -0.395 e. The predicted molar refractivity (Wildman–Crippen MR) is 125 cm³/mol. The van der Waals surface area contributed by atoms with Crippen molar-refractivity contribution in [2.24, 2.45) is 0 Å². The number of nitrogens with one attached hydrogen (secondary N) is 1. The van der Waals surface area contributed by atoms with Crippen molar-refractivity contribution in [2.45, 2.75) is 23.6 Å². The van der Waals surface area contributed by atoms with E-state index in [-0.39, 0.29) is 6.61 Å². The van der Waals surface area contributed by atoms with E-state index in [0.717, 1.165) is 38.4 Å². The van der Waals surface area contributed by atoms with Gasteiger partial charge in [0.15, 0.2) is 0 Å². The van der Waals surface area contributed by atoms with Crippen LogP contribution in [0, 0.1) is 13.8 Å². The lowest BCUT2D eigenvalue weighted by Gasteiger charge is -2.34. The minimum atomic E-state index is 0.196. The van der Waals surface area contributed by atoms with Gasteiger partial charge < -0.3 is 15.3 Å². The predicted octanol–water partition coefficient (Wildman–Crippen LogP) is 3.50. The number of benzene rings is 2. The zero-order valence-electron chi connectivity index (χ0n) is 18.0. The normalized spacial score (nSPS) is 14.6. The molecule has 7 nitrogen and oxygen atoms in total. The topological polar surface area (TPSA) is 77.4 Å². The second-order valence-corrected chi connectivity index (χ2v) is 8.77. The molecule has 31 heavy (non-hydrogen) atoms. The maximum atomic E-state index is 9.12. The highest BCUT2D eigenvalue weighted by atomic mass is 32.2. The molecule has 1 fully saturated rings. The summed E-state index contributed by atoms with van der Waals surface area (Å²) in [5.74, 6) is 1.95. The largest absolute Gasteiger partial charge is 0.395 e. The Labute approximate surface area is 187 Å². The quantitative estimate of drug-likeness (QED) is 0.583. The molecule has 0 unspecified atom stereocenters. The van der Waals surface area contributed by atoms with Crippen LogP contribution in [0.25, 0.3) is 0 Å². The van der Waals surface area contributed by atoms with E-state index < -0.39 is 0 Å². The van der Waals surface area contributed by atoms with Crippen LogP contribution in [0.2, 0.25) is 0 Å². The van der Waals surface area contributed by atoms with E-state index in [4.69, 9.17) is 5.11 Å². The Morgan fingerprint density at radius 2 is 1.71 bits per heavy atom. The maximum absolute atomic E-state index is 9.12. The standard InChI is InChI=1S/C23H28N6OS/c1-17-4-3-5-21(16-17)31-20-8-6-19(7-9-20)26-22-24-18(2)25-23(27-22)29-12-10-28(11-13-29)14-15-30/h3-9,16,30H,10-15H2,1-2H3,(H,24,25,26,27). The van der Waals surface area contributed by atoms with E-state index in [2.05, 4.69) is 73.4 Å². The van der Waals surface area contributed by atoms with Gasteiger partial charge in [0.2, 0.25) is 11.9 Å². The van der Waals surface area contributed by atoms with E-state index in [9.17, 15) is 0 Å². The lowest BCUT2D eigenvalue weighted by molar-refractivity contribution is 0.188. The molecule has 0 atom stereocenters. The van der Waals surface area contributed by atoms with Gasteiger partial charge in [-0.15, -0.1) is 0 Å². The van der Waals surface area contributed by atoms with Crippen LogP contribution in [-0.4, -0.2) is 64.3 Å². The first-order valence-corrected chi connectivity index (χ1v) is 11.3. The molecule has 0 spiro atoms. The second kappa shape index (κ2) is 10.1. The van der Waals surface area contributed by atoms with Gasteiger partial charge in [-0.1, -0.05) is 29.5 Å². The molecule has 2 heterocycles. The summed E-state index contributed by atoms with van der Waals surface area (Å²) in [6.07, 6.45) is 0. The number of nitrogens with zero attached hydrogens (tertiary/aromatic N) is 5. The van der Waals surface area contributed by atoms with Crippen LogP contribution in [-0.2, 0) is 0 Å². The Morgan fingerprint density at radius 1 is 0.935 bits per heavy atom. The van der Waals surface area contributed by atoms with Crippen LogP contribution in [0.5, 0.6) is 0 Å². The molecule has 162 valence electrons. The SMILES string of the molecule is Cc1cccc(Sc2ccc(Nc3nc(C)nc(N4CCN(CCO)CC4)n3)cc2)c1. The van der Waals surface area contributed by atoms with E-state index in [1.165, 1.54) is 15.4 Å². The number of aliphatic hydroxyl groups is 1. The fourth-order valence-electron chi connectivity index (χ4n) is 3.53. The third-order valence-corrected chi connectivity index (χ3v) is 6.14. The Balaban J connectivity index is 1.41. The molecule has 0 bridgehead atoms. The van der Waals surface area contributed by atoms with Gasteiger partial charge in [-0.2, -0.15) is 15.0 Å². The van der Waals surface area contributed by atoms with Gasteiger partial charge in [-0.25, -0.2) is 0 Å². The summed E-state index contributed by atoms with van der Waals surface area (Å²) in [6.45, 7) is 8.39. The summed E-state index contributed by atoms with van der Waals surface area (Å²) in [7, 11) is 0. The first-order valence-electron chi connectivity index (χ1n) is 10.5. The Hall–Kier alpha value is -2.68. The second-order valence-electron chi connectivity index (χ2n) is 7.63. The molecule has 0 saturated carbocycles. The first kappa shape index (κ1) is 21.5. The van der Waals surface area contributed by atoms with Crippen molar-refractivity contribution in [3.63, 3.8) is 0 Å². The molecule has 0 aliphatic carbocycles. The fraction of sp³-hybridized carbons (Fsp3) is 0.348. The van der Waals surface area contributed by atoms with Gasteiger partial charge in [0, 0.05) is 48.2 Å². The number of aryl methyl sites for hydroxylation is 2. The maximum Gasteiger partial charge on any atom is 0.232 e. The summed E-state index contributed by atoms with van der Waals surface area (Å²) in [5.41, 5.74) is 2.21. The van der Waals surface area contributed by atoms with Crippen LogP contribution in [0.3, 0.4) is 0 Å². The average Bonchev–Trinajstić information content (AvgIpc) is 2.76. The first-order chi connectivity index (χ1) is 15.1. The number of rotatable bonds is 7. The van der Waals surface area contributed by atoms with Gasteiger partial charge in [-0.3, -0.25) is 4.90 Å². The number of aromatic nitrogens is 3. The number of hydrogen-bond donors (Lipinski definition) is 2. The average molecular weight is 437 g/mol. The number of piperazine rings is 1. The summed E-state index contributed by atoms with van der Waals surface area (Å²) in [4.78, 5) is 20.5. The summed E-state index contributed by atoms with van der Waals surface area (Å²) in [5, 5.41) is 12.4. The van der Waals surface area contributed by atoms with Crippen LogP contribution in [0.15, 0.2) is 58.3 Å². The molecule has 1 aromatic heterocycles. The van der Waals surface area contributed by atoms with Gasteiger partial charge >= 0.3 is 0 Å². The van der Waals surface area contributed by atoms with Crippen molar-refractivity contribution in [1.29, 1.82) is 0 Å². The zero-order valence-corrected chi connectivity index (χ0v) is 18.8. The van der Waals surface area contributed by atoms with E-state index in [1.807, 2.05) is 19.1 Å². The monoisotopic (exact) mass is 436 g/mol. The van der Waals surface area contributed by atoms with Gasteiger partial charge in [0.1, 0.15) is 5.82 Å². The summed E-state index contributed by atoms with van der Waals surface area (Å²) >= 11 is 1.75. The van der Waals surface area contributed by atoms with Crippen LogP contribution < -0.4 is 10.2 Å². The number of aliphatic hydroxyl groups excluding tert-OH is 1. The molecular formula is C23H28N6OS. The molecule has 1 aliphatic rings. The molecule has 0 amide bonds. The van der Waals surface area contributed by atoms with Crippen LogP contribution >= 0.6 is 11.8 Å². The summed E-state index contributed by atoms with van der Waals surface area (Å²) in [6, 6.07) is 16.8. The van der Waals surface area contributed by atoms with Crippen LogP contribution in [0.1, 0.15) is 11.4 Å². The summed E-state index contributed by atoms with van der Waals surface area (Å²) < 4.78 is 0.